The number of nitrogens with zero attached hydrogens (tertiary/aromatic N) is 1. The number of carbonyl (C=O) groups is 26. The van der Waals surface area contributed by atoms with E-state index in [9.17, 15) is 125 Å². The van der Waals surface area contributed by atoms with Crippen LogP contribution < -0.4 is 114 Å². The van der Waals surface area contributed by atoms with Crippen LogP contribution in [0.4, 0.5) is 0 Å². The Labute approximate surface area is 857 Å². The Morgan fingerprint density at radius 3 is 0.845 bits per heavy atom. The van der Waals surface area contributed by atoms with E-state index in [1.165, 1.54) is 11.8 Å². The first-order valence-electron chi connectivity index (χ1n) is 46.7. The Morgan fingerprint density at radius 1 is 0.304 bits per heavy atom. The summed E-state index contributed by atoms with van der Waals surface area (Å²) in [7, 11) is 8.17. The van der Waals surface area contributed by atoms with Crippen molar-refractivity contribution in [2.24, 2.45) is 34.6 Å². The molecule has 1 aliphatic rings. The summed E-state index contributed by atoms with van der Waals surface area (Å²) in [5.74, 6) is -17.2. The number of hydrogen-bond acceptors (Lipinski definition) is 39. The van der Waals surface area contributed by atoms with Crippen molar-refractivity contribution in [1.29, 1.82) is 0 Å². The Balaban J connectivity index is -0.000000888. The summed E-state index contributed by atoms with van der Waals surface area (Å²) in [5.41, 5.74) is 26.0. The maximum atomic E-state index is 12.4. The summed E-state index contributed by atoms with van der Waals surface area (Å²) in [6, 6.07) is -2.20. The molecule has 7 atom stereocenters. The highest BCUT2D eigenvalue weighted by molar-refractivity contribution is 8.00. The van der Waals surface area contributed by atoms with Gasteiger partial charge < -0.3 is 178 Å². The van der Waals surface area contributed by atoms with Crippen molar-refractivity contribution in [3.63, 3.8) is 0 Å². The molecule has 1 fully saturated rings. The molecule has 18 amide bonds. The average molecular weight is 2150 g/mol. The predicted octanol–water partition coefficient (Wildman–Crippen LogP) is -12.4. The third-order valence-corrected chi connectivity index (χ3v) is 20.5. The third-order valence-electron chi connectivity index (χ3n) is 19.2. The third kappa shape index (κ3) is 86.9. The molecular weight excluding hydrogens is 2000 g/mol. The quantitative estimate of drug-likeness (QED) is 0.0153. The normalized spacial score (nSPS) is 12.8. The van der Waals surface area contributed by atoms with E-state index in [0.717, 1.165) is 11.3 Å². The first-order valence-corrected chi connectivity index (χ1v) is 47.8. The number of unbranched alkanes of at least 4 members (excludes halogenated alkanes) is 2. The van der Waals surface area contributed by atoms with Crippen molar-refractivity contribution < 1.29 is 188 Å². The molecule has 0 radical (unpaired) electrons. The van der Waals surface area contributed by atoms with E-state index in [4.69, 9.17) is 92.5 Å². The highest BCUT2D eigenvalue weighted by Crippen LogP contribution is 2.26. The number of carboxylic acids is 6. The van der Waals surface area contributed by atoms with Crippen LogP contribution >= 0.6 is 11.8 Å². The minimum absolute atomic E-state index is 0.0109. The van der Waals surface area contributed by atoms with Crippen molar-refractivity contribution in [2.45, 2.75) is 170 Å². The molecule has 7 unspecified atom stereocenters. The van der Waals surface area contributed by atoms with E-state index in [0.29, 0.717) is 90.4 Å². The zero-order valence-corrected chi connectivity index (χ0v) is 84.7. The number of nitrogens with one attached hydrogen (secondary N) is 16. The number of ketones is 2. The summed E-state index contributed by atoms with van der Waals surface area (Å²) in [6.07, 6.45) is 2.73. The summed E-state index contributed by atoms with van der Waals surface area (Å²) >= 11 is 1.18. The zero-order valence-electron chi connectivity index (χ0n) is 83.9. The fourth-order valence-electron chi connectivity index (χ4n) is 11.6. The second-order valence-electron chi connectivity index (χ2n) is 31.4. The number of rotatable bonds is 86. The highest BCUT2D eigenvalue weighted by atomic mass is 32.2. The SMILES string of the molecule is CNC(CCCCNC(=O)COCCNC(=O)CC(=O)O)C(N)=O.CNC(CCCCNC(=O)COCCNC(=O)COCCNC(=O)CCC(CC(=O)CC(=O)O)C(=O)O)C(N)=O.CNC(CCCNC(=O)COCCNC(=O)CC(=O)O)C(N)=O.CNC(CCCNC(=O)COCCNC(=O)COCCNC(=O)CC(=O)O)C(N)=O.CNC(CSC1CC(=O)N(CCOCC(=O)NCCCC(=O)CC(=O)O)C1=O)C(N)=O. The standard InChI is InChI=1S/C24H41N5O11.C18H28N4O8S.C17H31N5O8.C14H26N4O6.C13H24N4O6/c1-26-18(23(25)36)4-2-3-7-27-20(32)14-40-11-9-29-21(33)15-39-10-8-28-19(31)6-5-16(24(37)38)12-17(30)13-22(34)35;1-20-12(17(19)28)10-31-13-8-15(25)22(18(13)29)5-6-30-9-14(24)21-4-2-3-11(23)7-16(26)27;1-19-12(17(18)28)3-2-4-20-14(24)10-30-8-6-22-15(25)11-29-7-5-21-13(23)9-16(26)27;1-16-10(14(15)23)4-2-3-5-17-12(20)9-24-7-6-18-11(19)8-13(21)22;1-15-9(13(14)22)3-2-4-16-11(19)8-23-6-5-17-10(18)7-12(20)21/h16,18,26H,2-15H2,1H3,(H2,25,36)(H,27,32)(H,28,31)(H,29,33)(H,34,35)(H,37,38);12-13,20H,2-10H2,1H3,(H2,19,28)(H,21,24)(H,26,27);12,19H,2-11H2,1H3,(H2,18,28)(H,20,24)(H,21,23)(H,22,25)(H,26,27);10,16H,2-9H2,1H3,(H2,15,23)(H,17,20)(H,18,19)(H,21,22);9,15H,2-8H2,1H3,(H2,14,22)(H,16,19)(H,17,18)(H,20,21). The van der Waals surface area contributed by atoms with Crippen molar-refractivity contribution in [2.75, 3.05) is 212 Å². The second-order valence-corrected chi connectivity index (χ2v) is 32.7. The highest BCUT2D eigenvalue weighted by Gasteiger charge is 2.39. The molecule has 148 heavy (non-hydrogen) atoms. The lowest BCUT2D eigenvalue weighted by atomic mass is 9.96. The van der Waals surface area contributed by atoms with E-state index in [2.05, 4.69) is 85.1 Å². The molecule has 0 aromatic carbocycles. The number of carbonyl (C=O) groups excluding carboxylic acids is 20. The van der Waals surface area contributed by atoms with Crippen LogP contribution in [0.3, 0.4) is 0 Å². The van der Waals surface area contributed by atoms with Gasteiger partial charge in [0.25, 0.3) is 0 Å². The Hall–Kier alpha value is -13.3. The van der Waals surface area contributed by atoms with E-state index < -0.39 is 192 Å². The number of carboxylic acid groups (broad SMARTS) is 6. The van der Waals surface area contributed by atoms with Crippen molar-refractivity contribution >= 4 is 165 Å². The first kappa shape index (κ1) is 141. The van der Waals surface area contributed by atoms with Gasteiger partial charge in [-0.1, -0.05) is 0 Å². The summed E-state index contributed by atoms with van der Waals surface area (Å²) in [6.45, 7) is 1.77. The average Bonchev–Trinajstić information content (AvgIpc) is 1.69. The summed E-state index contributed by atoms with van der Waals surface area (Å²) in [4.78, 5) is 292. The van der Waals surface area contributed by atoms with Gasteiger partial charge in [0.15, 0.2) is 0 Å². The van der Waals surface area contributed by atoms with E-state index in [1.54, 1.807) is 35.2 Å². The van der Waals surface area contributed by atoms with Crippen LogP contribution in [0.15, 0.2) is 0 Å². The summed E-state index contributed by atoms with van der Waals surface area (Å²) in [5, 5.41) is 92.4. The van der Waals surface area contributed by atoms with E-state index in [-0.39, 0.29) is 218 Å². The molecule has 1 rings (SSSR count). The Kier molecular flexibility index (Phi) is 86.8. The fraction of sp³-hybridized carbons (Fsp3) is 0.698. The van der Waals surface area contributed by atoms with Crippen molar-refractivity contribution in [1.82, 2.24) is 90.0 Å². The monoisotopic (exact) mass is 2150 g/mol. The number of Topliss-reactive ketones (excluding diaryl/α,β-unsaturated/α-hetero) is 2. The number of nitrogens with two attached hydrogens (primary N) is 5. The van der Waals surface area contributed by atoms with Gasteiger partial charge in [0, 0.05) is 103 Å². The predicted molar refractivity (Wildman–Crippen MR) is 518 cm³/mol. The zero-order chi connectivity index (χ0) is 113. The molecule has 0 bridgehead atoms. The molecular formula is C86H150N22O39S. The van der Waals surface area contributed by atoms with Gasteiger partial charge in [-0.2, -0.15) is 0 Å². The van der Waals surface area contributed by atoms with Gasteiger partial charge in [0.2, 0.25) is 106 Å². The van der Waals surface area contributed by atoms with Crippen LogP contribution in [0.25, 0.3) is 0 Å². The Bertz CT molecular complexity index is 4130. The van der Waals surface area contributed by atoms with Crippen molar-refractivity contribution in [3.8, 4) is 0 Å². The minimum Gasteiger partial charge on any atom is -0.481 e. The number of thioether (sulfide) groups is 1. The molecule has 0 saturated carbocycles. The second kappa shape index (κ2) is 91.2. The number of amides is 18. The lowest BCUT2D eigenvalue weighted by Crippen LogP contribution is -2.42. The number of aliphatic carboxylic acids is 6. The molecule has 844 valence electrons. The fourth-order valence-corrected chi connectivity index (χ4v) is 12.8. The van der Waals surface area contributed by atoms with Gasteiger partial charge in [-0.15, -0.1) is 11.8 Å². The number of ether oxygens (including phenoxy) is 7. The van der Waals surface area contributed by atoms with E-state index >= 15 is 0 Å². The number of primary amides is 5. The maximum absolute atomic E-state index is 12.4. The molecule has 62 heteroatoms. The summed E-state index contributed by atoms with van der Waals surface area (Å²) < 4.78 is 35.7. The minimum atomic E-state index is -1.35. The van der Waals surface area contributed by atoms with Crippen LogP contribution in [-0.4, -0.2) is 437 Å². The molecule has 0 spiro atoms. The first-order chi connectivity index (χ1) is 70.1. The lowest BCUT2D eigenvalue weighted by Gasteiger charge is -2.16. The molecule has 0 aromatic heterocycles. The number of imide groups is 1. The number of likely N-dealkylation sites (N-methyl/N-ethyl adjacent to an activating group) is 5. The van der Waals surface area contributed by atoms with Gasteiger partial charge in [-0.3, -0.25) is 130 Å². The molecule has 61 nitrogen and oxygen atoms in total. The molecule has 1 aliphatic heterocycles. The van der Waals surface area contributed by atoms with Crippen LogP contribution in [0.1, 0.15) is 135 Å². The number of hydrogen-bond donors (Lipinski definition) is 27. The molecule has 1 heterocycles. The molecule has 32 N–H and O–H groups in total. The van der Waals surface area contributed by atoms with Gasteiger partial charge >= 0.3 is 35.8 Å². The largest absolute Gasteiger partial charge is 0.481 e. The van der Waals surface area contributed by atoms with Crippen molar-refractivity contribution in [3.05, 3.63) is 0 Å². The molecule has 1 saturated heterocycles. The Morgan fingerprint density at radius 2 is 0.561 bits per heavy atom. The smallest absolute Gasteiger partial charge is 0.312 e. The van der Waals surface area contributed by atoms with Crippen LogP contribution in [0.2, 0.25) is 0 Å². The topological polar surface area (TPSA) is 956 Å². The molecule has 0 aliphatic carbocycles. The van der Waals surface area contributed by atoms with Gasteiger partial charge in [-0.25, -0.2) is 0 Å². The van der Waals surface area contributed by atoms with Crippen LogP contribution in [0, 0.1) is 5.92 Å². The maximum Gasteiger partial charge on any atom is 0.312 e. The van der Waals surface area contributed by atoms with Gasteiger partial charge in [-0.05, 0) is 112 Å². The van der Waals surface area contributed by atoms with Crippen LogP contribution in [-0.2, 0) is 158 Å². The molecule has 0 aromatic rings. The number of likely N-dealkylation sites (tertiary alicyclic amines) is 1. The van der Waals surface area contributed by atoms with Gasteiger partial charge in [0.05, 0.1) is 94.2 Å². The van der Waals surface area contributed by atoms with Gasteiger partial charge in [0.1, 0.15) is 89.9 Å². The van der Waals surface area contributed by atoms with Crippen LogP contribution in [0.5, 0.6) is 0 Å². The van der Waals surface area contributed by atoms with E-state index in [1.807, 2.05) is 0 Å². The lowest BCUT2D eigenvalue weighted by molar-refractivity contribution is -0.146.